The van der Waals surface area contributed by atoms with Crippen LogP contribution in [-0.4, -0.2) is 27.0 Å². The first-order valence-corrected chi connectivity index (χ1v) is 8.57. The number of aromatic nitrogens is 4. The van der Waals surface area contributed by atoms with Crippen LogP contribution in [0.5, 0.6) is 11.5 Å². The Morgan fingerprint density at radius 2 is 1.75 bits per heavy atom. The number of hydrogen-bond donors (Lipinski definition) is 2. The average Bonchev–Trinajstić information content (AvgIpc) is 2.74. The normalized spacial score (nSPS) is 10.6. The molecule has 3 N–H and O–H groups in total. The summed E-state index contributed by atoms with van der Waals surface area (Å²) >= 11 is 0. The predicted molar refractivity (Wildman–Crippen MR) is 107 cm³/mol. The molecule has 0 aliphatic carbocycles. The Bertz CT molecular complexity index is 1090. The second kappa shape index (κ2) is 7.75. The molecule has 0 bridgehead atoms. The summed E-state index contributed by atoms with van der Waals surface area (Å²) in [6.45, 7) is 0.432. The molecule has 2 aromatic heterocycles. The van der Waals surface area contributed by atoms with Crippen LogP contribution in [0.15, 0.2) is 61.2 Å². The Balaban J connectivity index is 1.65. The lowest BCUT2D eigenvalue weighted by Crippen LogP contribution is -2.01. The summed E-state index contributed by atoms with van der Waals surface area (Å²) in [5, 5.41) is 3.96. The molecule has 4 rings (SSSR count). The molecule has 0 unspecified atom stereocenters. The Morgan fingerprint density at radius 1 is 0.964 bits per heavy atom. The number of nitrogens with two attached hydrogens (primary N) is 1. The minimum atomic E-state index is 0.208. The van der Waals surface area contributed by atoms with Crippen molar-refractivity contribution in [1.82, 2.24) is 19.9 Å². The van der Waals surface area contributed by atoms with Gasteiger partial charge in [-0.15, -0.1) is 0 Å². The van der Waals surface area contributed by atoms with E-state index in [0.717, 1.165) is 16.5 Å². The largest absolute Gasteiger partial charge is 0.493 e. The van der Waals surface area contributed by atoms with E-state index < -0.39 is 0 Å². The minimum absolute atomic E-state index is 0.208. The number of nitrogens with one attached hydrogen (secondary N) is 1. The molecule has 0 aliphatic rings. The summed E-state index contributed by atoms with van der Waals surface area (Å²) in [4.78, 5) is 16.6. The van der Waals surface area contributed by atoms with E-state index in [9.17, 15) is 0 Å². The summed E-state index contributed by atoms with van der Waals surface area (Å²) in [5.74, 6) is 2.01. The van der Waals surface area contributed by atoms with E-state index in [4.69, 9.17) is 15.2 Å². The second-order valence-corrected chi connectivity index (χ2v) is 5.97. The molecule has 0 atom stereocenters. The summed E-state index contributed by atoms with van der Waals surface area (Å²) < 4.78 is 11.5. The van der Waals surface area contributed by atoms with Gasteiger partial charge in [0.1, 0.15) is 18.8 Å². The fourth-order valence-corrected chi connectivity index (χ4v) is 2.71. The average molecular weight is 374 g/mol. The maximum absolute atomic E-state index is 5.95. The van der Waals surface area contributed by atoms with Crippen molar-refractivity contribution in [1.29, 1.82) is 0 Å². The molecule has 0 aliphatic heterocycles. The van der Waals surface area contributed by atoms with Crippen molar-refractivity contribution >= 4 is 28.4 Å². The molecular formula is C20H18N6O2. The topological polar surface area (TPSA) is 108 Å². The van der Waals surface area contributed by atoms with E-state index in [-0.39, 0.29) is 5.95 Å². The maximum Gasteiger partial charge on any atom is 0.220 e. The second-order valence-electron chi connectivity index (χ2n) is 5.97. The van der Waals surface area contributed by atoms with Crippen LogP contribution in [0.2, 0.25) is 0 Å². The lowest BCUT2D eigenvalue weighted by Gasteiger charge is -2.13. The van der Waals surface area contributed by atoms with Crippen LogP contribution in [0, 0.1) is 0 Å². The van der Waals surface area contributed by atoms with E-state index in [1.807, 2.05) is 42.5 Å². The molecule has 4 aromatic rings. The Morgan fingerprint density at radius 3 is 2.50 bits per heavy atom. The van der Waals surface area contributed by atoms with Gasteiger partial charge in [0, 0.05) is 11.5 Å². The zero-order valence-electron chi connectivity index (χ0n) is 15.2. The third kappa shape index (κ3) is 3.75. The molecule has 8 nitrogen and oxygen atoms in total. The fraction of sp³-hybridized carbons (Fsp3) is 0.100. The van der Waals surface area contributed by atoms with Crippen molar-refractivity contribution in [3.63, 3.8) is 0 Å². The zero-order valence-corrected chi connectivity index (χ0v) is 15.2. The van der Waals surface area contributed by atoms with Crippen LogP contribution in [0.25, 0.3) is 10.9 Å². The van der Waals surface area contributed by atoms with Crippen LogP contribution in [-0.2, 0) is 6.61 Å². The van der Waals surface area contributed by atoms with Crippen LogP contribution in [0.3, 0.4) is 0 Å². The monoisotopic (exact) mass is 374 g/mol. The van der Waals surface area contributed by atoms with E-state index in [1.54, 1.807) is 19.5 Å². The molecule has 8 heteroatoms. The Labute approximate surface area is 161 Å². The lowest BCUT2D eigenvalue weighted by atomic mass is 10.2. The highest BCUT2D eigenvalue weighted by molar-refractivity contribution is 5.92. The van der Waals surface area contributed by atoms with Crippen molar-refractivity contribution in [3.05, 3.63) is 66.7 Å². The number of ether oxygens (including phenoxy) is 2. The first-order valence-electron chi connectivity index (χ1n) is 8.57. The summed E-state index contributed by atoms with van der Waals surface area (Å²) in [6, 6.07) is 13.6. The van der Waals surface area contributed by atoms with Crippen molar-refractivity contribution in [2.75, 3.05) is 18.2 Å². The van der Waals surface area contributed by atoms with Gasteiger partial charge in [-0.2, -0.15) is 0 Å². The highest BCUT2D eigenvalue weighted by atomic mass is 16.5. The molecule has 0 saturated heterocycles. The Kier molecular flexibility index (Phi) is 4.83. The SMILES string of the molecule is COc1cc2c(Nc3cnc(N)nc3)ncnc2cc1OCc1ccccc1. The molecule has 2 heterocycles. The minimum Gasteiger partial charge on any atom is -0.493 e. The first kappa shape index (κ1) is 17.5. The molecule has 0 saturated carbocycles. The Hall–Kier alpha value is -3.94. The molecule has 0 amide bonds. The van der Waals surface area contributed by atoms with Gasteiger partial charge >= 0.3 is 0 Å². The highest BCUT2D eigenvalue weighted by Gasteiger charge is 2.12. The number of methoxy groups -OCH3 is 1. The van der Waals surface area contributed by atoms with Crippen molar-refractivity contribution < 1.29 is 9.47 Å². The number of benzene rings is 2. The van der Waals surface area contributed by atoms with Gasteiger partial charge in [-0.05, 0) is 11.6 Å². The van der Waals surface area contributed by atoms with Crippen molar-refractivity contribution in [3.8, 4) is 11.5 Å². The van der Waals surface area contributed by atoms with E-state index in [1.165, 1.54) is 6.33 Å². The van der Waals surface area contributed by atoms with Crippen LogP contribution in [0.4, 0.5) is 17.5 Å². The van der Waals surface area contributed by atoms with Gasteiger partial charge < -0.3 is 20.5 Å². The third-order valence-electron chi connectivity index (χ3n) is 4.09. The van der Waals surface area contributed by atoms with Gasteiger partial charge in [-0.1, -0.05) is 30.3 Å². The van der Waals surface area contributed by atoms with Crippen molar-refractivity contribution in [2.45, 2.75) is 6.61 Å². The predicted octanol–water partition coefficient (Wildman–Crippen LogP) is 3.33. The van der Waals surface area contributed by atoms with E-state index >= 15 is 0 Å². The van der Waals surface area contributed by atoms with Gasteiger partial charge in [0.2, 0.25) is 5.95 Å². The highest BCUT2D eigenvalue weighted by Crippen LogP contribution is 2.35. The summed E-state index contributed by atoms with van der Waals surface area (Å²) in [5.41, 5.74) is 7.98. The van der Waals surface area contributed by atoms with Crippen LogP contribution >= 0.6 is 0 Å². The molecular weight excluding hydrogens is 356 g/mol. The number of nitrogen functional groups attached to an aromatic ring is 1. The lowest BCUT2D eigenvalue weighted by molar-refractivity contribution is 0.285. The first-order chi connectivity index (χ1) is 13.7. The molecule has 28 heavy (non-hydrogen) atoms. The van der Waals surface area contributed by atoms with Crippen molar-refractivity contribution in [2.24, 2.45) is 0 Å². The van der Waals surface area contributed by atoms with Gasteiger partial charge in [0.05, 0.1) is 30.7 Å². The summed E-state index contributed by atoms with van der Waals surface area (Å²) in [6.07, 6.45) is 4.66. The smallest absolute Gasteiger partial charge is 0.220 e. The van der Waals surface area contributed by atoms with E-state index in [2.05, 4.69) is 25.3 Å². The molecule has 0 fully saturated rings. The molecule has 140 valence electrons. The number of hydrogen-bond acceptors (Lipinski definition) is 8. The number of anilines is 3. The number of rotatable bonds is 6. The fourth-order valence-electron chi connectivity index (χ4n) is 2.71. The van der Waals surface area contributed by atoms with Gasteiger partial charge in [0.15, 0.2) is 11.5 Å². The molecule has 2 aromatic carbocycles. The molecule has 0 spiro atoms. The third-order valence-corrected chi connectivity index (χ3v) is 4.09. The standard InChI is InChI=1S/C20H18N6O2/c1-27-17-7-15-16(8-18(17)28-11-13-5-3-2-4-6-13)24-12-25-19(15)26-14-9-22-20(21)23-10-14/h2-10,12H,11H2,1H3,(H2,21,22,23)(H,24,25,26). The summed E-state index contributed by atoms with van der Waals surface area (Å²) in [7, 11) is 1.60. The van der Waals surface area contributed by atoms with Gasteiger partial charge in [0.25, 0.3) is 0 Å². The van der Waals surface area contributed by atoms with Gasteiger partial charge in [-0.3, -0.25) is 0 Å². The number of fused-ring (bicyclic) bond motifs is 1. The quantitative estimate of drug-likeness (QED) is 0.529. The van der Waals surface area contributed by atoms with Gasteiger partial charge in [-0.25, -0.2) is 19.9 Å². The van der Waals surface area contributed by atoms with Crippen LogP contribution < -0.4 is 20.5 Å². The van der Waals surface area contributed by atoms with E-state index in [0.29, 0.717) is 29.6 Å². The maximum atomic E-state index is 5.95. The zero-order chi connectivity index (χ0) is 19.3. The molecule has 0 radical (unpaired) electrons. The van der Waals surface area contributed by atoms with Crippen LogP contribution in [0.1, 0.15) is 5.56 Å². The number of nitrogens with zero attached hydrogens (tertiary/aromatic N) is 4.